The SMILES string of the molecule is CC(=O)c1ccc(OC2CN(C(C)c3ccccc3)C2)cc1. The number of carbonyl (C=O) groups excluding carboxylic acids is 1. The third kappa shape index (κ3) is 3.20. The molecule has 0 bridgehead atoms. The number of Topliss-reactive ketones (excluding diaryl/α,β-unsaturated/α-hetero) is 1. The Morgan fingerprint density at radius 3 is 2.32 bits per heavy atom. The summed E-state index contributed by atoms with van der Waals surface area (Å²) >= 11 is 0. The fourth-order valence-corrected chi connectivity index (χ4v) is 2.76. The Kier molecular flexibility index (Phi) is 4.25. The molecular weight excluding hydrogens is 274 g/mol. The van der Waals surface area contributed by atoms with Gasteiger partial charge < -0.3 is 4.74 Å². The monoisotopic (exact) mass is 295 g/mol. The van der Waals surface area contributed by atoms with Gasteiger partial charge in [0.05, 0.1) is 0 Å². The maximum atomic E-state index is 11.3. The lowest BCUT2D eigenvalue weighted by Crippen LogP contribution is -2.54. The van der Waals surface area contributed by atoms with Gasteiger partial charge in [-0.15, -0.1) is 0 Å². The summed E-state index contributed by atoms with van der Waals surface area (Å²) < 4.78 is 5.95. The molecule has 0 saturated carbocycles. The molecule has 3 nitrogen and oxygen atoms in total. The van der Waals surface area contributed by atoms with Crippen LogP contribution in [0.15, 0.2) is 54.6 Å². The molecule has 1 aliphatic rings. The molecule has 2 aromatic rings. The first-order chi connectivity index (χ1) is 10.6. The standard InChI is InChI=1S/C19H21NO2/c1-14(16-6-4-3-5-7-16)20-12-19(13-20)22-18-10-8-17(9-11-18)15(2)21/h3-11,14,19H,12-13H2,1-2H3. The summed E-state index contributed by atoms with van der Waals surface area (Å²) in [6, 6.07) is 18.3. The van der Waals surface area contributed by atoms with Crippen LogP contribution in [-0.2, 0) is 0 Å². The maximum Gasteiger partial charge on any atom is 0.159 e. The van der Waals surface area contributed by atoms with E-state index < -0.39 is 0 Å². The molecule has 1 atom stereocenters. The fraction of sp³-hybridized carbons (Fsp3) is 0.316. The zero-order chi connectivity index (χ0) is 15.5. The molecule has 2 aromatic carbocycles. The number of rotatable bonds is 5. The lowest BCUT2D eigenvalue weighted by Gasteiger charge is -2.43. The minimum Gasteiger partial charge on any atom is -0.488 e. The van der Waals surface area contributed by atoms with Crippen molar-refractivity contribution in [1.29, 1.82) is 0 Å². The van der Waals surface area contributed by atoms with Crippen molar-refractivity contribution < 1.29 is 9.53 Å². The highest BCUT2D eigenvalue weighted by molar-refractivity contribution is 5.94. The van der Waals surface area contributed by atoms with Gasteiger partial charge in [-0.3, -0.25) is 9.69 Å². The fourth-order valence-electron chi connectivity index (χ4n) is 2.76. The molecule has 0 aliphatic carbocycles. The van der Waals surface area contributed by atoms with E-state index in [1.807, 2.05) is 30.3 Å². The molecule has 3 rings (SSSR count). The number of benzene rings is 2. The smallest absolute Gasteiger partial charge is 0.159 e. The summed E-state index contributed by atoms with van der Waals surface area (Å²) in [5, 5.41) is 0. The minimum absolute atomic E-state index is 0.0815. The molecule has 1 fully saturated rings. The largest absolute Gasteiger partial charge is 0.488 e. The summed E-state index contributed by atoms with van der Waals surface area (Å²) in [4.78, 5) is 13.7. The second-order valence-electron chi connectivity index (χ2n) is 5.86. The highest BCUT2D eigenvalue weighted by Crippen LogP contribution is 2.27. The van der Waals surface area contributed by atoms with Crippen molar-refractivity contribution in [3.8, 4) is 5.75 Å². The normalized spacial score (nSPS) is 16.8. The lowest BCUT2D eigenvalue weighted by molar-refractivity contribution is -0.00522. The molecule has 0 spiro atoms. The molecular formula is C19H21NO2. The summed E-state index contributed by atoms with van der Waals surface area (Å²) in [5.41, 5.74) is 2.06. The third-order valence-corrected chi connectivity index (χ3v) is 4.27. The van der Waals surface area contributed by atoms with Gasteiger partial charge >= 0.3 is 0 Å². The number of likely N-dealkylation sites (tertiary alicyclic amines) is 1. The van der Waals surface area contributed by atoms with Crippen LogP contribution < -0.4 is 4.74 Å². The van der Waals surface area contributed by atoms with E-state index in [1.165, 1.54) is 5.56 Å². The van der Waals surface area contributed by atoms with Crippen molar-refractivity contribution >= 4 is 5.78 Å². The number of hydrogen-bond acceptors (Lipinski definition) is 3. The number of ketones is 1. The zero-order valence-electron chi connectivity index (χ0n) is 13.0. The quantitative estimate of drug-likeness (QED) is 0.787. The van der Waals surface area contributed by atoms with Crippen LogP contribution in [0.25, 0.3) is 0 Å². The Balaban J connectivity index is 1.52. The molecule has 1 aliphatic heterocycles. The van der Waals surface area contributed by atoms with Crippen molar-refractivity contribution in [2.45, 2.75) is 26.0 Å². The Bertz CT molecular complexity index is 630. The Labute approximate surface area is 131 Å². The average molecular weight is 295 g/mol. The number of hydrogen-bond donors (Lipinski definition) is 0. The van der Waals surface area contributed by atoms with Gasteiger partial charge in [-0.1, -0.05) is 30.3 Å². The van der Waals surface area contributed by atoms with E-state index in [4.69, 9.17) is 4.74 Å². The molecule has 0 N–H and O–H groups in total. The van der Waals surface area contributed by atoms with Crippen LogP contribution in [0.4, 0.5) is 0 Å². The molecule has 1 heterocycles. The highest BCUT2D eigenvalue weighted by atomic mass is 16.5. The molecule has 0 radical (unpaired) electrons. The van der Waals surface area contributed by atoms with Gasteiger partial charge in [0.25, 0.3) is 0 Å². The first-order valence-electron chi connectivity index (χ1n) is 7.70. The van der Waals surface area contributed by atoms with E-state index in [0.717, 1.165) is 24.4 Å². The van der Waals surface area contributed by atoms with Crippen molar-refractivity contribution in [2.24, 2.45) is 0 Å². The Morgan fingerprint density at radius 1 is 1.09 bits per heavy atom. The van der Waals surface area contributed by atoms with E-state index in [1.54, 1.807) is 6.92 Å². The van der Waals surface area contributed by atoms with Crippen LogP contribution in [-0.4, -0.2) is 29.9 Å². The van der Waals surface area contributed by atoms with E-state index in [-0.39, 0.29) is 11.9 Å². The second kappa shape index (κ2) is 6.32. The van der Waals surface area contributed by atoms with Gasteiger partial charge in [0, 0.05) is 24.7 Å². The van der Waals surface area contributed by atoms with E-state index in [9.17, 15) is 4.79 Å². The zero-order valence-corrected chi connectivity index (χ0v) is 13.0. The average Bonchev–Trinajstić information content (AvgIpc) is 2.51. The minimum atomic E-state index is 0.0815. The number of carbonyl (C=O) groups is 1. The molecule has 114 valence electrons. The van der Waals surface area contributed by atoms with Crippen LogP contribution >= 0.6 is 0 Å². The topological polar surface area (TPSA) is 29.5 Å². The number of nitrogens with zero attached hydrogens (tertiary/aromatic N) is 1. The van der Waals surface area contributed by atoms with Crippen LogP contribution in [0.5, 0.6) is 5.75 Å². The summed E-state index contributed by atoms with van der Waals surface area (Å²) in [7, 11) is 0. The van der Waals surface area contributed by atoms with Crippen molar-refractivity contribution in [2.75, 3.05) is 13.1 Å². The van der Waals surface area contributed by atoms with Crippen molar-refractivity contribution in [3.05, 3.63) is 65.7 Å². The molecule has 0 aromatic heterocycles. The summed E-state index contributed by atoms with van der Waals surface area (Å²) in [5.74, 6) is 0.917. The van der Waals surface area contributed by atoms with Crippen LogP contribution in [0.2, 0.25) is 0 Å². The van der Waals surface area contributed by atoms with Gasteiger partial charge in [-0.2, -0.15) is 0 Å². The highest BCUT2D eigenvalue weighted by Gasteiger charge is 2.32. The van der Waals surface area contributed by atoms with Crippen LogP contribution in [0.3, 0.4) is 0 Å². The van der Waals surface area contributed by atoms with Crippen LogP contribution in [0.1, 0.15) is 35.8 Å². The number of ether oxygens (including phenoxy) is 1. The van der Waals surface area contributed by atoms with Crippen molar-refractivity contribution in [3.63, 3.8) is 0 Å². The van der Waals surface area contributed by atoms with Gasteiger partial charge in [-0.05, 0) is 43.7 Å². The molecule has 1 saturated heterocycles. The molecule has 3 heteroatoms. The van der Waals surface area contributed by atoms with Crippen molar-refractivity contribution in [1.82, 2.24) is 4.90 Å². The third-order valence-electron chi connectivity index (χ3n) is 4.27. The summed E-state index contributed by atoms with van der Waals surface area (Å²) in [6.45, 7) is 5.67. The van der Waals surface area contributed by atoms with Gasteiger partial charge in [0.1, 0.15) is 11.9 Å². The first-order valence-corrected chi connectivity index (χ1v) is 7.70. The van der Waals surface area contributed by atoms with Crippen LogP contribution in [0, 0.1) is 0 Å². The van der Waals surface area contributed by atoms with E-state index in [0.29, 0.717) is 6.04 Å². The predicted octanol–water partition coefficient (Wildman–Crippen LogP) is 3.71. The predicted molar refractivity (Wildman–Crippen MR) is 87.3 cm³/mol. The second-order valence-corrected chi connectivity index (χ2v) is 5.86. The van der Waals surface area contributed by atoms with E-state index >= 15 is 0 Å². The van der Waals surface area contributed by atoms with Gasteiger partial charge in [-0.25, -0.2) is 0 Å². The van der Waals surface area contributed by atoms with E-state index in [2.05, 4.69) is 36.1 Å². The molecule has 22 heavy (non-hydrogen) atoms. The summed E-state index contributed by atoms with van der Waals surface area (Å²) in [6.07, 6.45) is 0.231. The lowest BCUT2D eigenvalue weighted by atomic mass is 10.0. The van der Waals surface area contributed by atoms with Gasteiger partial charge in [0.2, 0.25) is 0 Å². The molecule has 0 amide bonds. The Hall–Kier alpha value is -2.13. The maximum absolute atomic E-state index is 11.3. The Morgan fingerprint density at radius 2 is 1.73 bits per heavy atom. The first kappa shape index (κ1) is 14.8. The molecule has 1 unspecified atom stereocenters. The van der Waals surface area contributed by atoms with Gasteiger partial charge in [0.15, 0.2) is 5.78 Å².